The van der Waals surface area contributed by atoms with E-state index < -0.39 is 12.1 Å². The number of hydrogen-bond acceptors (Lipinski definition) is 4. The summed E-state index contributed by atoms with van der Waals surface area (Å²) in [6.07, 6.45) is 5.50. The number of rotatable bonds is 5. The van der Waals surface area contributed by atoms with Crippen LogP contribution >= 0.6 is 0 Å². The van der Waals surface area contributed by atoms with Crippen LogP contribution in [0.2, 0.25) is 0 Å². The molecule has 1 atom stereocenters. The van der Waals surface area contributed by atoms with Crippen molar-refractivity contribution >= 4 is 12.1 Å². The number of esters is 1. The first-order valence-corrected chi connectivity index (χ1v) is 6.77. The predicted octanol–water partition coefficient (Wildman–Crippen LogP) is 2.39. The second kappa shape index (κ2) is 7.95. The maximum absolute atomic E-state index is 11.7. The number of ether oxygens (including phenoxy) is 2. The number of carbonyl (C=O) groups is 2. The molecule has 1 aliphatic carbocycles. The number of nitrogens with one attached hydrogen (secondary N) is 1. The molecule has 104 valence electrons. The minimum atomic E-state index is -0.656. The lowest BCUT2D eigenvalue weighted by Crippen LogP contribution is -2.41. The Morgan fingerprint density at radius 2 is 1.94 bits per heavy atom. The van der Waals surface area contributed by atoms with Crippen molar-refractivity contribution in [3.63, 3.8) is 0 Å². The van der Waals surface area contributed by atoms with E-state index >= 15 is 0 Å². The molecule has 1 N–H and O–H groups in total. The maximum atomic E-state index is 11.7. The largest absolute Gasteiger partial charge is 0.461 e. The van der Waals surface area contributed by atoms with Gasteiger partial charge >= 0.3 is 12.1 Å². The van der Waals surface area contributed by atoms with Crippen LogP contribution < -0.4 is 5.32 Å². The van der Waals surface area contributed by atoms with E-state index in [0.29, 0.717) is 6.61 Å². The minimum absolute atomic E-state index is 0.0159. The van der Waals surface area contributed by atoms with Gasteiger partial charge in [0.25, 0.3) is 0 Å². The molecule has 18 heavy (non-hydrogen) atoms. The lowest BCUT2D eigenvalue weighted by Gasteiger charge is -2.23. The Hall–Kier alpha value is -1.26. The smallest absolute Gasteiger partial charge is 0.407 e. The van der Waals surface area contributed by atoms with E-state index in [1.54, 1.807) is 6.92 Å². The number of alkyl carbamates (subject to hydrolysis) is 1. The van der Waals surface area contributed by atoms with Crippen molar-refractivity contribution in [2.45, 2.75) is 64.5 Å². The van der Waals surface area contributed by atoms with E-state index in [-0.39, 0.29) is 12.1 Å². The standard InChI is InChI=1S/C13H23NO4/c1-3-9-17-13(16)14-10(2)12(15)18-11-7-5-4-6-8-11/h10-11H,3-9H2,1-2H3,(H,14,16)/t10-/m0/s1. The molecule has 0 heterocycles. The van der Waals surface area contributed by atoms with Crippen LogP contribution in [0.5, 0.6) is 0 Å². The topological polar surface area (TPSA) is 64.6 Å². The van der Waals surface area contributed by atoms with Gasteiger partial charge in [-0.05, 0) is 39.0 Å². The zero-order valence-electron chi connectivity index (χ0n) is 11.2. The van der Waals surface area contributed by atoms with Gasteiger partial charge in [-0.3, -0.25) is 0 Å². The van der Waals surface area contributed by atoms with E-state index in [1.807, 2.05) is 6.92 Å². The molecule has 0 spiro atoms. The van der Waals surface area contributed by atoms with Crippen LogP contribution in [0, 0.1) is 0 Å². The molecule has 0 bridgehead atoms. The Kier molecular flexibility index (Phi) is 6.54. The molecule has 1 amide bonds. The summed E-state index contributed by atoms with van der Waals surface area (Å²) in [4.78, 5) is 23.0. The number of amides is 1. The third kappa shape index (κ3) is 5.38. The van der Waals surface area contributed by atoms with Crippen LogP contribution in [0.1, 0.15) is 52.4 Å². The summed E-state index contributed by atoms with van der Waals surface area (Å²) in [6, 6.07) is -0.656. The molecule has 0 saturated heterocycles. The zero-order chi connectivity index (χ0) is 13.4. The molecule has 0 aromatic carbocycles. The molecule has 0 aromatic rings. The van der Waals surface area contributed by atoms with Crippen molar-refractivity contribution in [1.29, 1.82) is 0 Å². The van der Waals surface area contributed by atoms with Gasteiger partial charge in [-0.15, -0.1) is 0 Å². The summed E-state index contributed by atoms with van der Waals surface area (Å²) in [6.45, 7) is 3.88. The van der Waals surface area contributed by atoms with Gasteiger partial charge in [0, 0.05) is 0 Å². The fourth-order valence-corrected chi connectivity index (χ4v) is 1.92. The number of hydrogen-bond donors (Lipinski definition) is 1. The van der Waals surface area contributed by atoms with E-state index in [2.05, 4.69) is 5.32 Å². The Labute approximate surface area is 108 Å². The molecular weight excluding hydrogens is 234 g/mol. The Morgan fingerprint density at radius 3 is 2.56 bits per heavy atom. The molecule has 5 heteroatoms. The average Bonchev–Trinajstić information content (AvgIpc) is 2.37. The highest BCUT2D eigenvalue weighted by molar-refractivity contribution is 5.81. The molecule has 5 nitrogen and oxygen atoms in total. The van der Waals surface area contributed by atoms with Crippen LogP contribution in [0.4, 0.5) is 4.79 Å². The van der Waals surface area contributed by atoms with Gasteiger partial charge in [-0.25, -0.2) is 9.59 Å². The predicted molar refractivity (Wildman–Crippen MR) is 67.2 cm³/mol. The maximum Gasteiger partial charge on any atom is 0.407 e. The fourth-order valence-electron chi connectivity index (χ4n) is 1.92. The SMILES string of the molecule is CCCOC(=O)N[C@@H](C)C(=O)OC1CCCCC1. The van der Waals surface area contributed by atoms with Gasteiger partial charge < -0.3 is 14.8 Å². The summed E-state index contributed by atoms with van der Waals surface area (Å²) in [5.41, 5.74) is 0. The van der Waals surface area contributed by atoms with Gasteiger partial charge in [0.2, 0.25) is 0 Å². The Balaban J connectivity index is 2.25. The Bertz CT molecular complexity index is 274. The summed E-state index contributed by atoms with van der Waals surface area (Å²) in [7, 11) is 0. The minimum Gasteiger partial charge on any atom is -0.461 e. The molecule has 0 unspecified atom stereocenters. The first kappa shape index (κ1) is 14.8. The molecule has 0 aliphatic heterocycles. The lowest BCUT2D eigenvalue weighted by atomic mass is 9.98. The third-order valence-electron chi connectivity index (χ3n) is 2.96. The average molecular weight is 257 g/mol. The number of carbonyl (C=O) groups excluding carboxylic acids is 2. The monoisotopic (exact) mass is 257 g/mol. The first-order valence-electron chi connectivity index (χ1n) is 6.77. The summed E-state index contributed by atoms with van der Waals surface area (Å²) >= 11 is 0. The van der Waals surface area contributed by atoms with Crippen molar-refractivity contribution in [3.05, 3.63) is 0 Å². The molecule has 1 rings (SSSR count). The molecule has 0 aromatic heterocycles. The summed E-state index contributed by atoms with van der Waals surface area (Å²) in [5.74, 6) is -0.379. The fraction of sp³-hybridized carbons (Fsp3) is 0.846. The Morgan fingerprint density at radius 1 is 1.28 bits per heavy atom. The van der Waals surface area contributed by atoms with Gasteiger partial charge in [-0.2, -0.15) is 0 Å². The highest BCUT2D eigenvalue weighted by Gasteiger charge is 2.23. The van der Waals surface area contributed by atoms with Crippen molar-refractivity contribution in [3.8, 4) is 0 Å². The second-order valence-electron chi connectivity index (χ2n) is 4.70. The van der Waals surface area contributed by atoms with Crippen molar-refractivity contribution in [2.75, 3.05) is 6.61 Å². The van der Waals surface area contributed by atoms with Gasteiger partial charge in [-0.1, -0.05) is 13.3 Å². The summed E-state index contributed by atoms with van der Waals surface area (Å²) in [5, 5.41) is 2.47. The highest BCUT2D eigenvalue weighted by Crippen LogP contribution is 2.20. The molecule has 0 radical (unpaired) electrons. The van der Waals surface area contributed by atoms with Gasteiger partial charge in [0.1, 0.15) is 12.1 Å². The molecule has 1 fully saturated rings. The second-order valence-corrected chi connectivity index (χ2v) is 4.70. The van der Waals surface area contributed by atoms with E-state index in [4.69, 9.17) is 9.47 Å². The highest BCUT2D eigenvalue weighted by atomic mass is 16.6. The molecular formula is C13H23NO4. The quantitative estimate of drug-likeness (QED) is 0.768. The van der Waals surface area contributed by atoms with Crippen LogP contribution in [-0.4, -0.2) is 30.8 Å². The zero-order valence-corrected chi connectivity index (χ0v) is 11.2. The van der Waals surface area contributed by atoms with Crippen LogP contribution in [0.15, 0.2) is 0 Å². The van der Waals surface area contributed by atoms with E-state index in [9.17, 15) is 9.59 Å². The lowest BCUT2D eigenvalue weighted by molar-refractivity contribution is -0.152. The molecule has 1 aliphatic rings. The van der Waals surface area contributed by atoms with Crippen LogP contribution in [-0.2, 0) is 14.3 Å². The van der Waals surface area contributed by atoms with Gasteiger partial charge in [0.05, 0.1) is 6.61 Å². The van der Waals surface area contributed by atoms with Crippen molar-refractivity contribution < 1.29 is 19.1 Å². The third-order valence-corrected chi connectivity index (χ3v) is 2.96. The van der Waals surface area contributed by atoms with Crippen molar-refractivity contribution in [1.82, 2.24) is 5.32 Å². The first-order chi connectivity index (χ1) is 8.63. The van der Waals surface area contributed by atoms with E-state index in [1.165, 1.54) is 6.42 Å². The normalized spacial score (nSPS) is 17.9. The van der Waals surface area contributed by atoms with Crippen LogP contribution in [0.3, 0.4) is 0 Å². The molecule has 1 saturated carbocycles. The summed E-state index contributed by atoms with van der Waals surface area (Å²) < 4.78 is 10.2. The van der Waals surface area contributed by atoms with Crippen LogP contribution in [0.25, 0.3) is 0 Å². The van der Waals surface area contributed by atoms with Gasteiger partial charge in [0.15, 0.2) is 0 Å². The van der Waals surface area contributed by atoms with E-state index in [0.717, 1.165) is 32.1 Å². The van der Waals surface area contributed by atoms with Crippen molar-refractivity contribution in [2.24, 2.45) is 0 Å².